The van der Waals surface area contributed by atoms with Gasteiger partial charge in [0.15, 0.2) is 11.9 Å². The van der Waals surface area contributed by atoms with Crippen LogP contribution in [0.2, 0.25) is 0 Å². The van der Waals surface area contributed by atoms with E-state index in [4.69, 9.17) is 9.72 Å². The van der Waals surface area contributed by atoms with Crippen molar-refractivity contribution in [2.24, 2.45) is 0 Å². The maximum absolute atomic E-state index is 12.7. The van der Waals surface area contributed by atoms with Crippen molar-refractivity contribution in [3.8, 4) is 0 Å². The number of carbonyl (C=O) groups is 2. The topological polar surface area (TPSA) is 111 Å². The second-order valence-electron chi connectivity index (χ2n) is 7.74. The predicted molar refractivity (Wildman–Crippen MR) is 121 cm³/mol. The zero-order valence-corrected chi connectivity index (χ0v) is 18.4. The first kappa shape index (κ1) is 21.9. The molecule has 0 radical (unpaired) electrons. The lowest BCUT2D eigenvalue weighted by molar-refractivity contribution is 0.0904. The number of rotatable bonds is 8. The van der Waals surface area contributed by atoms with Gasteiger partial charge in [-0.15, -0.1) is 0 Å². The van der Waals surface area contributed by atoms with E-state index in [0.29, 0.717) is 12.8 Å². The van der Waals surface area contributed by atoms with E-state index >= 15 is 0 Å². The molecular weight excluding hydrogens is 408 g/mol. The minimum absolute atomic E-state index is 0.208. The average Bonchev–Trinajstić information content (AvgIpc) is 3.26. The van der Waals surface area contributed by atoms with Crippen LogP contribution in [0.4, 0.5) is 5.69 Å². The quantitative estimate of drug-likeness (QED) is 0.522. The van der Waals surface area contributed by atoms with Crippen molar-refractivity contribution < 1.29 is 14.3 Å². The Bertz CT molecular complexity index is 1120. The van der Waals surface area contributed by atoms with Crippen molar-refractivity contribution in [3.63, 3.8) is 0 Å². The highest BCUT2D eigenvalue weighted by Gasteiger charge is 2.22. The molecule has 2 N–H and O–H groups in total. The number of nitrogens with one attached hydrogen (secondary N) is 2. The summed E-state index contributed by atoms with van der Waals surface area (Å²) in [7, 11) is 0. The highest BCUT2D eigenvalue weighted by molar-refractivity contribution is 5.94. The number of hydrogen-bond donors (Lipinski definition) is 2. The van der Waals surface area contributed by atoms with E-state index < -0.39 is 0 Å². The normalized spacial score (nSPS) is 14.4. The third kappa shape index (κ3) is 4.47. The number of aryl methyl sites for hydroxylation is 2. The predicted octanol–water partition coefficient (Wildman–Crippen LogP) is 2.74. The van der Waals surface area contributed by atoms with Gasteiger partial charge in [-0.1, -0.05) is 13.0 Å². The van der Waals surface area contributed by atoms with Crippen LogP contribution in [0.5, 0.6) is 0 Å². The van der Waals surface area contributed by atoms with Crippen LogP contribution < -0.4 is 10.6 Å². The molecule has 0 unspecified atom stereocenters. The van der Waals surface area contributed by atoms with Crippen LogP contribution in [0.25, 0.3) is 11.0 Å². The fourth-order valence-corrected chi connectivity index (χ4v) is 4.00. The number of anilines is 1. The summed E-state index contributed by atoms with van der Waals surface area (Å²) >= 11 is 0. The number of nitrogens with zero attached hydrogens (tertiary/aromatic N) is 4. The number of fused-ring (bicyclic) bond motifs is 1. The Balaban J connectivity index is 1.68. The van der Waals surface area contributed by atoms with Gasteiger partial charge in [-0.2, -0.15) is 5.10 Å². The SMILES string of the molecule is CCc1nc2c(cnn2CC)c(NC2CCOCC2)c1CNC(=O)c1cccc(C=O)n1. The Morgan fingerprint density at radius 3 is 2.78 bits per heavy atom. The number of amides is 1. The van der Waals surface area contributed by atoms with Crippen molar-refractivity contribution in [1.82, 2.24) is 25.1 Å². The number of ether oxygens (including phenoxy) is 1. The van der Waals surface area contributed by atoms with Crippen LogP contribution in [0.15, 0.2) is 24.4 Å². The summed E-state index contributed by atoms with van der Waals surface area (Å²) in [6.45, 7) is 6.57. The standard InChI is InChI=1S/C23H28N6O3/c1-3-19-17(12-24-23(31)20-7-5-6-16(14-30)26-20)21(27-15-8-10-32-11-9-15)18-13-25-29(4-2)22(18)28-19/h5-7,13-15H,3-4,8-12H2,1-2H3,(H,24,31)(H,27,28). The lowest BCUT2D eigenvalue weighted by atomic mass is 10.0. The Morgan fingerprint density at radius 2 is 2.06 bits per heavy atom. The largest absolute Gasteiger partial charge is 0.381 e. The molecule has 3 aromatic rings. The van der Waals surface area contributed by atoms with Crippen LogP contribution in [-0.2, 0) is 24.2 Å². The summed E-state index contributed by atoms with van der Waals surface area (Å²) in [5.74, 6) is -0.336. The molecule has 9 heteroatoms. The monoisotopic (exact) mass is 436 g/mol. The number of aromatic nitrogens is 4. The Kier molecular flexibility index (Phi) is 6.75. The Labute approximate surface area is 186 Å². The molecule has 0 aromatic carbocycles. The molecule has 9 nitrogen and oxygen atoms in total. The first-order chi connectivity index (χ1) is 15.6. The Hall–Kier alpha value is -3.33. The molecule has 1 fully saturated rings. The van der Waals surface area contributed by atoms with Crippen molar-refractivity contribution >= 4 is 28.9 Å². The smallest absolute Gasteiger partial charge is 0.270 e. The van der Waals surface area contributed by atoms with Crippen molar-refractivity contribution in [1.29, 1.82) is 0 Å². The third-order valence-corrected chi connectivity index (χ3v) is 5.73. The maximum atomic E-state index is 12.7. The van der Waals surface area contributed by atoms with Crippen molar-refractivity contribution in [2.75, 3.05) is 18.5 Å². The van der Waals surface area contributed by atoms with Crippen molar-refractivity contribution in [2.45, 2.75) is 52.2 Å². The number of pyridine rings is 2. The van der Waals surface area contributed by atoms with Gasteiger partial charge in [0.05, 0.1) is 17.3 Å². The van der Waals surface area contributed by atoms with E-state index in [1.807, 2.05) is 17.8 Å². The van der Waals surface area contributed by atoms with Gasteiger partial charge in [-0.05, 0) is 38.3 Å². The highest BCUT2D eigenvalue weighted by Crippen LogP contribution is 2.31. The summed E-state index contributed by atoms with van der Waals surface area (Å²) in [6, 6.07) is 5.09. The van der Waals surface area contributed by atoms with E-state index in [-0.39, 0.29) is 23.3 Å². The second-order valence-corrected chi connectivity index (χ2v) is 7.74. The van der Waals surface area contributed by atoms with E-state index in [9.17, 15) is 9.59 Å². The van der Waals surface area contributed by atoms with E-state index in [0.717, 1.165) is 67.0 Å². The molecule has 1 saturated heterocycles. The molecule has 1 aliphatic rings. The molecule has 0 atom stereocenters. The fourth-order valence-electron chi connectivity index (χ4n) is 4.00. The maximum Gasteiger partial charge on any atom is 0.270 e. The molecule has 0 spiro atoms. The summed E-state index contributed by atoms with van der Waals surface area (Å²) in [5.41, 5.74) is 4.10. The van der Waals surface area contributed by atoms with Crippen LogP contribution in [-0.4, -0.2) is 51.2 Å². The van der Waals surface area contributed by atoms with E-state index in [1.54, 1.807) is 18.2 Å². The first-order valence-corrected chi connectivity index (χ1v) is 11.1. The van der Waals surface area contributed by atoms with Gasteiger partial charge >= 0.3 is 0 Å². The zero-order valence-electron chi connectivity index (χ0n) is 18.4. The van der Waals surface area contributed by atoms with Gasteiger partial charge in [0.2, 0.25) is 0 Å². The van der Waals surface area contributed by atoms with Gasteiger partial charge in [0.1, 0.15) is 11.4 Å². The van der Waals surface area contributed by atoms with Gasteiger partial charge in [-0.25, -0.2) is 14.6 Å². The fraction of sp³-hybridized carbons (Fsp3) is 0.435. The van der Waals surface area contributed by atoms with Crippen LogP contribution in [0.3, 0.4) is 0 Å². The van der Waals surface area contributed by atoms with Crippen molar-refractivity contribution in [3.05, 3.63) is 47.0 Å². The third-order valence-electron chi connectivity index (χ3n) is 5.73. The van der Waals surface area contributed by atoms with E-state index in [2.05, 4.69) is 27.6 Å². The molecule has 1 amide bonds. The molecule has 0 aliphatic carbocycles. The lowest BCUT2D eigenvalue weighted by Crippen LogP contribution is -2.30. The number of carbonyl (C=O) groups excluding carboxylic acids is 2. The number of hydrogen-bond acceptors (Lipinski definition) is 7. The lowest BCUT2D eigenvalue weighted by Gasteiger charge is -2.26. The van der Waals surface area contributed by atoms with Crippen LogP contribution in [0.1, 0.15) is 58.9 Å². The van der Waals surface area contributed by atoms with Crippen LogP contribution >= 0.6 is 0 Å². The highest BCUT2D eigenvalue weighted by atomic mass is 16.5. The van der Waals surface area contributed by atoms with Gasteiger partial charge in [-0.3, -0.25) is 9.59 Å². The molecule has 32 heavy (non-hydrogen) atoms. The van der Waals surface area contributed by atoms with Gasteiger partial charge in [0, 0.05) is 43.6 Å². The Morgan fingerprint density at radius 1 is 1.25 bits per heavy atom. The molecule has 168 valence electrons. The van der Waals surface area contributed by atoms with Crippen LogP contribution in [0, 0.1) is 0 Å². The zero-order chi connectivity index (χ0) is 22.5. The molecule has 1 aliphatic heterocycles. The first-order valence-electron chi connectivity index (χ1n) is 11.1. The number of aldehydes is 1. The molecule has 3 aromatic heterocycles. The van der Waals surface area contributed by atoms with Gasteiger partial charge < -0.3 is 15.4 Å². The summed E-state index contributed by atoms with van der Waals surface area (Å²) < 4.78 is 7.40. The summed E-state index contributed by atoms with van der Waals surface area (Å²) in [5, 5.41) is 12.1. The second kappa shape index (κ2) is 9.86. The summed E-state index contributed by atoms with van der Waals surface area (Å²) in [6.07, 6.45) is 5.03. The van der Waals surface area contributed by atoms with Gasteiger partial charge in [0.25, 0.3) is 5.91 Å². The summed E-state index contributed by atoms with van der Waals surface area (Å²) in [4.78, 5) is 32.7. The molecule has 0 bridgehead atoms. The molecular formula is C23H28N6O3. The van der Waals surface area contributed by atoms with E-state index in [1.165, 1.54) is 0 Å². The minimum atomic E-state index is -0.336. The minimum Gasteiger partial charge on any atom is -0.381 e. The molecule has 0 saturated carbocycles. The molecule has 4 heterocycles. The molecule has 4 rings (SSSR count). The average molecular weight is 437 g/mol.